The molecule has 6 heteroatoms. The van der Waals surface area contributed by atoms with Gasteiger partial charge in [0.25, 0.3) is 0 Å². The molecule has 4 rings (SSSR count). The summed E-state index contributed by atoms with van der Waals surface area (Å²) in [6.07, 6.45) is 2.59. The molecule has 3 aliphatic rings. The van der Waals surface area contributed by atoms with E-state index in [1.807, 2.05) is 7.05 Å². The Morgan fingerprint density at radius 2 is 2.14 bits per heavy atom. The number of guanidine groups is 1. The number of hydrogen-bond acceptors (Lipinski definition) is 4. The van der Waals surface area contributed by atoms with Crippen LogP contribution >= 0.6 is 0 Å². The maximum atomic E-state index is 6.21. The Balaban J connectivity index is 1.39. The van der Waals surface area contributed by atoms with Crippen molar-refractivity contribution in [1.29, 1.82) is 0 Å². The zero-order valence-corrected chi connectivity index (χ0v) is 17.5. The molecule has 0 spiro atoms. The van der Waals surface area contributed by atoms with Gasteiger partial charge in [-0.15, -0.1) is 0 Å². The second-order valence-electron chi connectivity index (χ2n) is 8.83. The lowest BCUT2D eigenvalue weighted by Crippen LogP contribution is -2.67. The summed E-state index contributed by atoms with van der Waals surface area (Å²) in [6, 6.07) is 6.76. The van der Waals surface area contributed by atoms with Crippen molar-refractivity contribution in [2.45, 2.75) is 58.4 Å². The first kappa shape index (κ1) is 19.5. The van der Waals surface area contributed by atoms with E-state index in [1.165, 1.54) is 5.56 Å². The minimum Gasteiger partial charge on any atom is -0.488 e. The number of benzene rings is 1. The highest BCUT2D eigenvalue weighted by molar-refractivity contribution is 5.80. The Hall–Kier alpha value is -1.79. The van der Waals surface area contributed by atoms with Crippen LogP contribution in [0.15, 0.2) is 23.2 Å². The number of nitrogens with zero attached hydrogens (tertiary/aromatic N) is 1. The number of fused-ring (bicyclic) bond motifs is 1. The molecule has 2 saturated heterocycles. The van der Waals surface area contributed by atoms with Gasteiger partial charge >= 0.3 is 0 Å². The second-order valence-corrected chi connectivity index (χ2v) is 8.83. The van der Waals surface area contributed by atoms with Crippen LogP contribution in [0.5, 0.6) is 5.75 Å². The molecule has 2 heterocycles. The van der Waals surface area contributed by atoms with Gasteiger partial charge in [0.2, 0.25) is 0 Å². The molecule has 4 atom stereocenters. The predicted molar refractivity (Wildman–Crippen MR) is 110 cm³/mol. The first-order chi connectivity index (χ1) is 13.5. The molecule has 4 unspecified atom stereocenters. The monoisotopic (exact) mass is 387 g/mol. The molecule has 1 aromatic carbocycles. The summed E-state index contributed by atoms with van der Waals surface area (Å²) >= 11 is 0. The number of rotatable bonds is 5. The Kier molecular flexibility index (Phi) is 5.52. The molecule has 28 heavy (non-hydrogen) atoms. The van der Waals surface area contributed by atoms with E-state index < -0.39 is 0 Å². The minimum atomic E-state index is 0.124. The van der Waals surface area contributed by atoms with Crippen molar-refractivity contribution in [2.75, 3.05) is 26.9 Å². The Bertz CT molecular complexity index is 728. The number of aliphatic imine (C=N–C) groups is 1. The van der Waals surface area contributed by atoms with E-state index in [2.05, 4.69) is 54.6 Å². The molecule has 0 aromatic heterocycles. The molecule has 154 valence electrons. The van der Waals surface area contributed by atoms with E-state index in [9.17, 15) is 0 Å². The van der Waals surface area contributed by atoms with Gasteiger partial charge in [0.05, 0.1) is 19.3 Å². The normalized spacial score (nSPS) is 31.2. The standard InChI is InChI=1S/C22H33N3O3/c1-14-5-6-15(18(11-14)28-16-7-9-26-13-16)12-24-21(23-4)25-19-17-8-10-27-20(17)22(19,2)3/h5-6,11,16-17,19-20H,7-10,12-13H2,1-4H3,(H2,23,24,25). The van der Waals surface area contributed by atoms with Gasteiger partial charge in [-0.2, -0.15) is 0 Å². The molecular weight excluding hydrogens is 354 g/mol. The van der Waals surface area contributed by atoms with E-state index >= 15 is 0 Å². The van der Waals surface area contributed by atoms with Gasteiger partial charge in [0.1, 0.15) is 11.9 Å². The van der Waals surface area contributed by atoms with E-state index in [-0.39, 0.29) is 11.5 Å². The minimum absolute atomic E-state index is 0.124. The zero-order chi connectivity index (χ0) is 19.7. The number of nitrogens with one attached hydrogen (secondary N) is 2. The van der Waals surface area contributed by atoms with Crippen LogP contribution in [0, 0.1) is 18.3 Å². The van der Waals surface area contributed by atoms with Crippen molar-refractivity contribution in [2.24, 2.45) is 16.3 Å². The number of ether oxygens (including phenoxy) is 3. The quantitative estimate of drug-likeness (QED) is 0.601. The molecule has 2 aliphatic heterocycles. The van der Waals surface area contributed by atoms with Crippen molar-refractivity contribution in [3.05, 3.63) is 29.3 Å². The van der Waals surface area contributed by atoms with Crippen LogP contribution in [0.4, 0.5) is 0 Å². The molecular formula is C22H33N3O3. The summed E-state index contributed by atoms with van der Waals surface area (Å²) in [5.74, 6) is 2.35. The van der Waals surface area contributed by atoms with E-state index in [0.717, 1.165) is 43.3 Å². The fraction of sp³-hybridized carbons (Fsp3) is 0.682. The van der Waals surface area contributed by atoms with Gasteiger partial charge in [-0.25, -0.2) is 0 Å². The van der Waals surface area contributed by atoms with Crippen LogP contribution in [-0.2, 0) is 16.0 Å². The molecule has 1 aromatic rings. The van der Waals surface area contributed by atoms with Crippen LogP contribution in [0.3, 0.4) is 0 Å². The third-order valence-electron chi connectivity index (χ3n) is 6.47. The summed E-state index contributed by atoms with van der Waals surface area (Å²) < 4.78 is 17.6. The first-order valence-electron chi connectivity index (χ1n) is 10.4. The predicted octanol–water partition coefficient (Wildman–Crippen LogP) is 2.64. The SMILES string of the molecule is CN=C(NCc1ccc(C)cc1OC1CCOC1)NC1C2CCOC2C1(C)C. The average molecular weight is 388 g/mol. The topological polar surface area (TPSA) is 64.1 Å². The van der Waals surface area contributed by atoms with Gasteiger partial charge in [-0.1, -0.05) is 26.0 Å². The fourth-order valence-corrected chi connectivity index (χ4v) is 4.84. The lowest BCUT2D eigenvalue weighted by Gasteiger charge is -2.54. The van der Waals surface area contributed by atoms with Crippen molar-refractivity contribution in [3.8, 4) is 5.75 Å². The van der Waals surface area contributed by atoms with Gasteiger partial charge < -0.3 is 24.8 Å². The fourth-order valence-electron chi connectivity index (χ4n) is 4.84. The molecule has 0 radical (unpaired) electrons. The van der Waals surface area contributed by atoms with Crippen molar-refractivity contribution in [3.63, 3.8) is 0 Å². The molecule has 6 nitrogen and oxygen atoms in total. The third-order valence-corrected chi connectivity index (χ3v) is 6.47. The highest BCUT2D eigenvalue weighted by Crippen LogP contribution is 2.52. The highest BCUT2D eigenvalue weighted by Gasteiger charge is 2.59. The Morgan fingerprint density at radius 1 is 1.29 bits per heavy atom. The average Bonchev–Trinajstić information content (AvgIpc) is 3.34. The van der Waals surface area contributed by atoms with Crippen LogP contribution in [0.25, 0.3) is 0 Å². The molecule has 0 bridgehead atoms. The highest BCUT2D eigenvalue weighted by atomic mass is 16.5. The van der Waals surface area contributed by atoms with Crippen LogP contribution in [0.2, 0.25) is 0 Å². The number of hydrogen-bond donors (Lipinski definition) is 2. The second kappa shape index (κ2) is 7.91. The summed E-state index contributed by atoms with van der Waals surface area (Å²) in [7, 11) is 1.83. The van der Waals surface area contributed by atoms with Gasteiger partial charge in [0, 0.05) is 49.6 Å². The van der Waals surface area contributed by atoms with Crippen LogP contribution in [-0.4, -0.2) is 51.1 Å². The summed E-state index contributed by atoms with van der Waals surface area (Å²) in [5, 5.41) is 7.11. The Morgan fingerprint density at radius 3 is 2.89 bits per heavy atom. The first-order valence-corrected chi connectivity index (χ1v) is 10.4. The van der Waals surface area contributed by atoms with Crippen molar-refractivity contribution in [1.82, 2.24) is 10.6 Å². The molecule has 0 amide bonds. The molecule has 3 fully saturated rings. The largest absolute Gasteiger partial charge is 0.488 e. The van der Waals surface area contributed by atoms with E-state index in [4.69, 9.17) is 14.2 Å². The smallest absolute Gasteiger partial charge is 0.191 e. The lowest BCUT2D eigenvalue weighted by molar-refractivity contribution is -0.106. The summed E-state index contributed by atoms with van der Waals surface area (Å²) in [5.41, 5.74) is 2.46. The lowest BCUT2D eigenvalue weighted by atomic mass is 9.57. The summed E-state index contributed by atoms with van der Waals surface area (Å²) in [4.78, 5) is 4.45. The van der Waals surface area contributed by atoms with Crippen molar-refractivity contribution >= 4 is 5.96 Å². The summed E-state index contributed by atoms with van der Waals surface area (Å²) in [6.45, 7) is 9.64. The van der Waals surface area contributed by atoms with E-state index in [1.54, 1.807) is 0 Å². The van der Waals surface area contributed by atoms with Gasteiger partial charge in [0.15, 0.2) is 5.96 Å². The van der Waals surface area contributed by atoms with E-state index in [0.29, 0.717) is 31.2 Å². The molecule has 2 N–H and O–H groups in total. The Labute approximate surface area is 168 Å². The maximum absolute atomic E-state index is 6.21. The van der Waals surface area contributed by atoms with Crippen LogP contribution in [0.1, 0.15) is 37.8 Å². The van der Waals surface area contributed by atoms with Crippen LogP contribution < -0.4 is 15.4 Å². The maximum Gasteiger partial charge on any atom is 0.191 e. The van der Waals surface area contributed by atoms with Gasteiger partial charge in [-0.05, 0) is 25.0 Å². The van der Waals surface area contributed by atoms with Gasteiger partial charge in [-0.3, -0.25) is 4.99 Å². The third kappa shape index (κ3) is 3.72. The zero-order valence-electron chi connectivity index (χ0n) is 17.5. The molecule has 1 aliphatic carbocycles. The molecule has 1 saturated carbocycles. The number of aryl methyl sites for hydroxylation is 1. The van der Waals surface area contributed by atoms with Crippen molar-refractivity contribution < 1.29 is 14.2 Å².